The van der Waals surface area contributed by atoms with E-state index in [0.29, 0.717) is 27.8 Å². The average molecular weight is 537 g/mol. The molecule has 0 unspecified atom stereocenters. The molecular formula is C29H23Cl2FN2O3. The number of anilines is 1. The van der Waals surface area contributed by atoms with Crippen molar-refractivity contribution in [2.45, 2.75) is 25.8 Å². The van der Waals surface area contributed by atoms with Crippen molar-refractivity contribution in [3.8, 4) is 22.3 Å². The van der Waals surface area contributed by atoms with Crippen LogP contribution >= 0.6 is 23.2 Å². The van der Waals surface area contributed by atoms with Gasteiger partial charge in [-0.05, 0) is 71.6 Å². The van der Waals surface area contributed by atoms with Crippen LogP contribution in [0.15, 0.2) is 79.0 Å². The minimum absolute atomic E-state index is 0.0591. The summed E-state index contributed by atoms with van der Waals surface area (Å²) >= 11 is 12.2. The predicted molar refractivity (Wildman–Crippen MR) is 145 cm³/mol. The van der Waals surface area contributed by atoms with E-state index < -0.39 is 5.97 Å². The van der Waals surface area contributed by atoms with Crippen LogP contribution in [0.5, 0.6) is 0 Å². The molecule has 3 aromatic carbocycles. The first-order valence-electron chi connectivity index (χ1n) is 11.6. The molecule has 0 fully saturated rings. The van der Waals surface area contributed by atoms with Gasteiger partial charge in [0.1, 0.15) is 11.5 Å². The third-order valence-corrected chi connectivity index (χ3v) is 6.32. The highest BCUT2D eigenvalue weighted by atomic mass is 35.5. The highest BCUT2D eigenvalue weighted by Gasteiger charge is 2.12. The van der Waals surface area contributed by atoms with Gasteiger partial charge in [-0.2, -0.15) is 0 Å². The molecule has 0 spiro atoms. The Labute approximate surface area is 223 Å². The number of hydrogen-bond acceptors (Lipinski definition) is 4. The van der Waals surface area contributed by atoms with Gasteiger partial charge in [-0.1, -0.05) is 47.5 Å². The first-order chi connectivity index (χ1) is 17.8. The number of carboxylic acids is 1. The van der Waals surface area contributed by atoms with Crippen LogP contribution in [0, 0.1) is 5.82 Å². The van der Waals surface area contributed by atoms with Crippen molar-refractivity contribution in [2.24, 2.45) is 0 Å². The molecule has 1 heterocycles. The molecule has 5 nitrogen and oxygen atoms in total. The summed E-state index contributed by atoms with van der Waals surface area (Å²) in [5.74, 6) is -1.49. The minimum Gasteiger partial charge on any atom is -0.481 e. The Balaban J connectivity index is 1.48. The van der Waals surface area contributed by atoms with E-state index in [1.54, 1.807) is 54.7 Å². The SMILES string of the molecule is O=C(O)CCCC(=O)c1ccc(-c2cc(Cl)ccc2CNc2ccc(-c3ccc(Cl)cc3)c(F)c2)cn1. The number of carboxylic acid groups (broad SMARTS) is 1. The molecule has 0 aliphatic rings. The summed E-state index contributed by atoms with van der Waals surface area (Å²) < 4.78 is 14.8. The molecule has 1 aromatic heterocycles. The van der Waals surface area contributed by atoms with Crippen molar-refractivity contribution in [3.05, 3.63) is 106 Å². The van der Waals surface area contributed by atoms with Gasteiger partial charge in [-0.15, -0.1) is 0 Å². The molecule has 37 heavy (non-hydrogen) atoms. The van der Waals surface area contributed by atoms with E-state index in [-0.39, 0.29) is 36.6 Å². The number of aliphatic carboxylic acids is 1. The van der Waals surface area contributed by atoms with Gasteiger partial charge in [-0.25, -0.2) is 4.39 Å². The Kier molecular flexibility index (Phi) is 8.54. The molecule has 2 N–H and O–H groups in total. The molecule has 0 saturated heterocycles. The maximum atomic E-state index is 14.8. The number of benzene rings is 3. The van der Waals surface area contributed by atoms with Gasteiger partial charge in [0, 0.05) is 52.4 Å². The standard InChI is InChI=1S/C29H23Cl2FN2O3/c30-21-8-4-18(5-9-21)24-12-11-23(15-26(24)32)33-16-19-6-10-22(31)14-25(19)20-7-13-27(34-17-20)28(35)2-1-3-29(36)37/h4-15,17,33H,1-3,16H2,(H,36,37). The van der Waals surface area contributed by atoms with Gasteiger partial charge in [-0.3, -0.25) is 14.6 Å². The van der Waals surface area contributed by atoms with Crippen LogP contribution in [-0.2, 0) is 11.3 Å². The van der Waals surface area contributed by atoms with Crippen molar-refractivity contribution in [1.29, 1.82) is 0 Å². The van der Waals surface area contributed by atoms with Crippen molar-refractivity contribution in [3.63, 3.8) is 0 Å². The van der Waals surface area contributed by atoms with Crippen LogP contribution in [0.3, 0.4) is 0 Å². The van der Waals surface area contributed by atoms with Gasteiger partial charge < -0.3 is 10.4 Å². The van der Waals surface area contributed by atoms with Gasteiger partial charge in [0.2, 0.25) is 0 Å². The monoisotopic (exact) mass is 536 g/mol. The Morgan fingerprint density at radius 3 is 2.24 bits per heavy atom. The van der Waals surface area contributed by atoms with Crippen molar-refractivity contribution in [1.82, 2.24) is 4.98 Å². The number of carbonyl (C=O) groups is 2. The lowest BCUT2D eigenvalue weighted by atomic mass is 10.00. The summed E-state index contributed by atoms with van der Waals surface area (Å²) in [5, 5.41) is 13.1. The summed E-state index contributed by atoms with van der Waals surface area (Å²) in [4.78, 5) is 27.2. The molecule has 0 bridgehead atoms. The van der Waals surface area contributed by atoms with E-state index in [0.717, 1.165) is 22.3 Å². The third-order valence-electron chi connectivity index (χ3n) is 5.83. The Morgan fingerprint density at radius 1 is 0.838 bits per heavy atom. The number of nitrogens with zero attached hydrogens (tertiary/aromatic N) is 1. The number of Topliss-reactive ketones (excluding diaryl/α,β-unsaturated/α-hetero) is 1. The maximum absolute atomic E-state index is 14.8. The van der Waals surface area contributed by atoms with E-state index in [1.807, 2.05) is 18.2 Å². The molecule has 0 amide bonds. The van der Waals surface area contributed by atoms with Crippen LogP contribution in [0.4, 0.5) is 10.1 Å². The first kappa shape index (κ1) is 26.3. The highest BCUT2D eigenvalue weighted by molar-refractivity contribution is 6.31. The van der Waals surface area contributed by atoms with Crippen LogP contribution < -0.4 is 5.32 Å². The molecule has 0 aliphatic heterocycles. The normalized spacial score (nSPS) is 10.8. The van der Waals surface area contributed by atoms with E-state index in [2.05, 4.69) is 10.3 Å². The summed E-state index contributed by atoms with van der Waals surface area (Å²) in [6, 6.07) is 20.9. The van der Waals surface area contributed by atoms with Crippen LogP contribution in [-0.4, -0.2) is 21.8 Å². The van der Waals surface area contributed by atoms with E-state index in [1.165, 1.54) is 6.07 Å². The molecule has 4 aromatic rings. The molecule has 0 radical (unpaired) electrons. The Hall–Kier alpha value is -3.74. The minimum atomic E-state index is -0.932. The fraction of sp³-hybridized carbons (Fsp3) is 0.138. The lowest BCUT2D eigenvalue weighted by Crippen LogP contribution is -2.05. The van der Waals surface area contributed by atoms with Crippen molar-refractivity contribution < 1.29 is 19.1 Å². The quantitative estimate of drug-likeness (QED) is 0.201. The fourth-order valence-electron chi connectivity index (χ4n) is 3.90. The molecule has 8 heteroatoms. The third kappa shape index (κ3) is 6.94. The molecule has 0 saturated carbocycles. The number of nitrogens with one attached hydrogen (secondary N) is 1. The first-order valence-corrected chi connectivity index (χ1v) is 12.3. The molecule has 0 aliphatic carbocycles. The fourth-order valence-corrected chi connectivity index (χ4v) is 4.20. The maximum Gasteiger partial charge on any atom is 0.303 e. The lowest BCUT2D eigenvalue weighted by Gasteiger charge is -2.14. The molecule has 0 atom stereocenters. The summed E-state index contributed by atoms with van der Waals surface area (Å²) in [6.07, 6.45) is 1.93. The van der Waals surface area contributed by atoms with Crippen molar-refractivity contribution >= 4 is 40.6 Å². The lowest BCUT2D eigenvalue weighted by molar-refractivity contribution is -0.137. The number of carbonyl (C=O) groups excluding carboxylic acids is 1. The highest BCUT2D eigenvalue weighted by Crippen LogP contribution is 2.30. The summed E-state index contributed by atoms with van der Waals surface area (Å²) in [7, 11) is 0. The second-order valence-corrected chi connectivity index (χ2v) is 9.33. The van der Waals surface area contributed by atoms with E-state index >= 15 is 0 Å². The predicted octanol–water partition coefficient (Wildman–Crippen LogP) is 7.91. The zero-order valence-electron chi connectivity index (χ0n) is 19.7. The van der Waals surface area contributed by atoms with Gasteiger partial charge in [0.15, 0.2) is 5.78 Å². The van der Waals surface area contributed by atoms with Gasteiger partial charge in [0.25, 0.3) is 0 Å². The molecule has 188 valence electrons. The van der Waals surface area contributed by atoms with Crippen molar-refractivity contribution in [2.75, 3.05) is 5.32 Å². The zero-order chi connectivity index (χ0) is 26.4. The number of pyridine rings is 1. The number of ketones is 1. The summed E-state index contributed by atoms with van der Waals surface area (Å²) in [5.41, 5.74) is 4.64. The zero-order valence-corrected chi connectivity index (χ0v) is 21.2. The number of hydrogen-bond donors (Lipinski definition) is 2. The van der Waals surface area contributed by atoms with Gasteiger partial charge in [0.05, 0.1) is 0 Å². The topological polar surface area (TPSA) is 79.3 Å². The van der Waals surface area contributed by atoms with Crippen LogP contribution in [0.25, 0.3) is 22.3 Å². The van der Waals surface area contributed by atoms with Crippen LogP contribution in [0.1, 0.15) is 35.3 Å². The molecule has 4 rings (SSSR count). The van der Waals surface area contributed by atoms with E-state index in [4.69, 9.17) is 28.3 Å². The average Bonchev–Trinajstić information content (AvgIpc) is 2.88. The number of aromatic nitrogens is 1. The molecular weight excluding hydrogens is 514 g/mol. The summed E-state index contributed by atoms with van der Waals surface area (Å²) in [6.45, 7) is 0.405. The Morgan fingerprint density at radius 2 is 1.57 bits per heavy atom. The van der Waals surface area contributed by atoms with Gasteiger partial charge >= 0.3 is 5.97 Å². The largest absolute Gasteiger partial charge is 0.481 e. The van der Waals surface area contributed by atoms with Crippen LogP contribution in [0.2, 0.25) is 10.0 Å². The van der Waals surface area contributed by atoms with E-state index in [9.17, 15) is 14.0 Å². The second-order valence-electron chi connectivity index (χ2n) is 8.46. The smallest absolute Gasteiger partial charge is 0.303 e. The number of rotatable bonds is 10. The Bertz CT molecular complexity index is 1420. The second kappa shape index (κ2) is 12.0. The number of halogens is 3.